The van der Waals surface area contributed by atoms with Gasteiger partial charge >= 0.3 is 0 Å². The zero-order valence-corrected chi connectivity index (χ0v) is 15.7. The van der Waals surface area contributed by atoms with E-state index in [4.69, 9.17) is 9.72 Å². The highest BCUT2D eigenvalue weighted by Crippen LogP contribution is 2.31. The summed E-state index contributed by atoms with van der Waals surface area (Å²) in [6.45, 7) is 9.67. The lowest BCUT2D eigenvalue weighted by molar-refractivity contribution is 0.365. The van der Waals surface area contributed by atoms with Crippen molar-refractivity contribution in [3.63, 3.8) is 0 Å². The summed E-state index contributed by atoms with van der Waals surface area (Å²) in [6, 6.07) is 6.87. The van der Waals surface area contributed by atoms with Crippen LogP contribution in [0.5, 0.6) is 5.75 Å². The fraction of sp³-hybridized carbons (Fsp3) is 0.333. The van der Waals surface area contributed by atoms with E-state index in [9.17, 15) is 0 Å². The molecule has 2 aromatic heterocycles. The predicted octanol–water partition coefficient (Wildman–Crippen LogP) is 3.78. The second kappa shape index (κ2) is 6.57. The molecule has 3 heterocycles. The molecule has 0 amide bonds. The maximum atomic E-state index is 6.03. The van der Waals surface area contributed by atoms with E-state index in [2.05, 4.69) is 54.6 Å². The average Bonchev–Trinajstić information content (AvgIpc) is 3.03. The highest BCUT2D eigenvalue weighted by Gasteiger charge is 2.16. The molecule has 1 aliphatic heterocycles. The molecule has 0 saturated carbocycles. The minimum Gasteiger partial charge on any atom is -0.488 e. The van der Waals surface area contributed by atoms with Crippen molar-refractivity contribution < 1.29 is 4.74 Å². The smallest absolute Gasteiger partial charge is 0.158 e. The molecule has 4 rings (SSSR count). The molecule has 0 radical (unpaired) electrons. The number of aromatic nitrogens is 3. The molecule has 0 aliphatic carbocycles. The van der Waals surface area contributed by atoms with Crippen LogP contribution in [0.3, 0.4) is 0 Å². The number of imidazole rings is 1. The molecule has 5 nitrogen and oxygen atoms in total. The highest BCUT2D eigenvalue weighted by molar-refractivity contribution is 5.85. The Morgan fingerprint density at radius 1 is 1.19 bits per heavy atom. The lowest BCUT2D eigenvalue weighted by Gasteiger charge is -2.18. The minimum atomic E-state index is 0.468. The molecule has 26 heavy (non-hydrogen) atoms. The molecule has 0 atom stereocenters. The van der Waals surface area contributed by atoms with Gasteiger partial charge in [0.1, 0.15) is 12.4 Å². The molecule has 1 N–H and O–H groups in total. The van der Waals surface area contributed by atoms with E-state index in [1.807, 2.05) is 24.4 Å². The van der Waals surface area contributed by atoms with Crippen molar-refractivity contribution in [1.29, 1.82) is 0 Å². The van der Waals surface area contributed by atoms with Crippen molar-refractivity contribution in [1.82, 2.24) is 19.7 Å². The first-order valence-corrected chi connectivity index (χ1v) is 9.02. The number of fused-ring (bicyclic) bond motifs is 2. The summed E-state index contributed by atoms with van der Waals surface area (Å²) in [4.78, 5) is 9.25. The van der Waals surface area contributed by atoms with Crippen LogP contribution in [0, 0.1) is 13.8 Å². The molecule has 0 saturated heterocycles. The third kappa shape index (κ3) is 3.22. The Morgan fingerprint density at radius 2 is 2.04 bits per heavy atom. The van der Waals surface area contributed by atoms with Crippen molar-refractivity contribution in [3.05, 3.63) is 58.8 Å². The van der Waals surface area contributed by atoms with Crippen molar-refractivity contribution >= 4 is 17.3 Å². The zero-order chi connectivity index (χ0) is 18.3. The van der Waals surface area contributed by atoms with Crippen molar-refractivity contribution in [2.75, 3.05) is 6.61 Å². The lowest BCUT2D eigenvalue weighted by Crippen LogP contribution is -2.21. The second-order valence-corrected chi connectivity index (χ2v) is 7.19. The molecule has 0 fully saturated rings. The van der Waals surface area contributed by atoms with Gasteiger partial charge in [-0.2, -0.15) is 0 Å². The van der Waals surface area contributed by atoms with Crippen LogP contribution in [-0.2, 0) is 6.54 Å². The minimum absolute atomic E-state index is 0.468. The summed E-state index contributed by atoms with van der Waals surface area (Å²) < 4.78 is 8.07. The summed E-state index contributed by atoms with van der Waals surface area (Å²) in [5, 5.41) is 3.44. The Kier molecular flexibility index (Phi) is 4.24. The molecule has 5 heteroatoms. The van der Waals surface area contributed by atoms with Crippen LogP contribution >= 0.6 is 0 Å². The van der Waals surface area contributed by atoms with Crippen LogP contribution in [-0.4, -0.2) is 27.0 Å². The van der Waals surface area contributed by atoms with Crippen LogP contribution in [0.25, 0.3) is 17.3 Å². The summed E-state index contributed by atoms with van der Waals surface area (Å²) in [7, 11) is 0. The van der Waals surface area contributed by atoms with Crippen LogP contribution < -0.4 is 10.1 Å². The number of benzene rings is 1. The molecule has 0 unspecified atom stereocenters. The molecule has 0 spiro atoms. The Labute approximate surface area is 153 Å². The van der Waals surface area contributed by atoms with Gasteiger partial charge in [0.05, 0.1) is 17.1 Å². The number of nitrogens with zero attached hydrogens (tertiary/aromatic N) is 3. The monoisotopic (exact) mass is 348 g/mol. The van der Waals surface area contributed by atoms with Crippen LogP contribution in [0.1, 0.15) is 42.1 Å². The summed E-state index contributed by atoms with van der Waals surface area (Å²) in [6.07, 6.45) is 6.24. The summed E-state index contributed by atoms with van der Waals surface area (Å²) >= 11 is 0. The van der Waals surface area contributed by atoms with Gasteiger partial charge in [-0.1, -0.05) is 26.0 Å². The quantitative estimate of drug-likeness (QED) is 0.780. The van der Waals surface area contributed by atoms with E-state index in [1.54, 1.807) is 0 Å². The maximum Gasteiger partial charge on any atom is 0.158 e. The van der Waals surface area contributed by atoms with Crippen molar-refractivity contribution in [2.24, 2.45) is 0 Å². The van der Waals surface area contributed by atoms with E-state index in [-0.39, 0.29) is 0 Å². The van der Waals surface area contributed by atoms with Crippen LogP contribution in [0.2, 0.25) is 0 Å². The van der Waals surface area contributed by atoms with Crippen molar-refractivity contribution in [2.45, 2.75) is 40.3 Å². The topological polar surface area (TPSA) is 51.5 Å². The molecule has 134 valence electrons. The number of ether oxygens (including phenoxy) is 1. The van der Waals surface area contributed by atoms with Gasteiger partial charge in [0.2, 0.25) is 0 Å². The normalized spacial score (nSPS) is 13.7. The number of hydrogen-bond acceptors (Lipinski definition) is 4. The largest absolute Gasteiger partial charge is 0.488 e. The maximum absolute atomic E-state index is 6.03. The van der Waals surface area contributed by atoms with Gasteiger partial charge in [0.15, 0.2) is 5.65 Å². The fourth-order valence-corrected chi connectivity index (χ4v) is 3.25. The standard InChI is InChI=1S/C21H24N4O/c1-13(2)22-9-16-5-6-17-8-18(12-26-20(17)7-16)19-11-25-10-14(3)23-15(4)21(25)24-19/h5-8,10-11,13,22H,9,12H2,1-4H3. The van der Waals surface area contributed by atoms with Gasteiger partial charge in [-0.15, -0.1) is 0 Å². The van der Waals surface area contributed by atoms with Gasteiger partial charge < -0.3 is 14.5 Å². The van der Waals surface area contributed by atoms with Gasteiger partial charge in [0.25, 0.3) is 0 Å². The molecule has 0 bridgehead atoms. The molecular weight excluding hydrogens is 324 g/mol. The number of rotatable bonds is 4. The summed E-state index contributed by atoms with van der Waals surface area (Å²) in [5.41, 5.74) is 7.19. The Balaban J connectivity index is 1.65. The highest BCUT2D eigenvalue weighted by atomic mass is 16.5. The fourth-order valence-electron chi connectivity index (χ4n) is 3.25. The third-order valence-electron chi connectivity index (χ3n) is 4.56. The average molecular weight is 348 g/mol. The van der Waals surface area contributed by atoms with Gasteiger partial charge in [-0.25, -0.2) is 4.98 Å². The SMILES string of the molecule is Cc1cn2cc(C3=Cc4ccc(CNC(C)C)cc4OC3)nc2c(C)n1. The Bertz CT molecular complexity index is 1000. The third-order valence-corrected chi connectivity index (χ3v) is 4.56. The van der Waals surface area contributed by atoms with E-state index in [0.717, 1.165) is 46.2 Å². The van der Waals surface area contributed by atoms with Crippen LogP contribution in [0.4, 0.5) is 0 Å². The van der Waals surface area contributed by atoms with Crippen LogP contribution in [0.15, 0.2) is 30.6 Å². The van der Waals surface area contributed by atoms with Gasteiger partial charge in [-0.3, -0.25) is 4.98 Å². The molecule has 1 aromatic carbocycles. The van der Waals surface area contributed by atoms with E-state index >= 15 is 0 Å². The lowest BCUT2D eigenvalue weighted by atomic mass is 10.0. The van der Waals surface area contributed by atoms with Crippen molar-refractivity contribution in [3.8, 4) is 5.75 Å². The first-order valence-electron chi connectivity index (χ1n) is 9.02. The second-order valence-electron chi connectivity index (χ2n) is 7.19. The first kappa shape index (κ1) is 16.8. The number of nitrogens with one attached hydrogen (secondary N) is 1. The zero-order valence-electron chi connectivity index (χ0n) is 15.7. The summed E-state index contributed by atoms with van der Waals surface area (Å²) in [5.74, 6) is 0.939. The molecular formula is C21H24N4O. The van der Waals surface area contributed by atoms with E-state index < -0.39 is 0 Å². The van der Waals surface area contributed by atoms with Gasteiger partial charge in [0, 0.05) is 36.1 Å². The number of aryl methyl sites for hydroxylation is 2. The molecule has 1 aliphatic rings. The van der Waals surface area contributed by atoms with E-state index in [1.165, 1.54) is 5.56 Å². The Hall–Kier alpha value is -2.66. The first-order chi connectivity index (χ1) is 12.5. The van der Waals surface area contributed by atoms with E-state index in [0.29, 0.717) is 12.6 Å². The Morgan fingerprint density at radius 3 is 2.85 bits per heavy atom. The predicted molar refractivity (Wildman–Crippen MR) is 104 cm³/mol. The van der Waals surface area contributed by atoms with Gasteiger partial charge in [-0.05, 0) is 31.6 Å². The molecule has 3 aromatic rings. The number of hydrogen-bond donors (Lipinski definition) is 1.